The van der Waals surface area contributed by atoms with Crippen molar-refractivity contribution in [2.45, 2.75) is 140 Å². The molecule has 0 amide bonds. The van der Waals surface area contributed by atoms with Crippen molar-refractivity contribution >= 4 is 49.0 Å². The van der Waals surface area contributed by atoms with E-state index in [1.807, 2.05) is 55.4 Å². The van der Waals surface area contributed by atoms with Crippen molar-refractivity contribution in [1.82, 2.24) is 0 Å². The summed E-state index contributed by atoms with van der Waals surface area (Å²) in [6.45, 7) is 16.0. The molecule has 2 saturated heterocycles. The van der Waals surface area contributed by atoms with Gasteiger partial charge in [0.05, 0.1) is 34.6 Å². The summed E-state index contributed by atoms with van der Waals surface area (Å²) in [7, 11) is -0.970. The fraction of sp³-hybridized carbons (Fsp3) is 0.632. The predicted octanol–water partition coefficient (Wildman–Crippen LogP) is 8.41. The maximum atomic E-state index is 12.7. The molecule has 2 aromatic rings. The monoisotopic (exact) mass is 728 g/mol. The van der Waals surface area contributed by atoms with E-state index in [4.69, 9.17) is 41.8 Å². The number of carbonyl (C=O) groups is 2. The Morgan fingerprint density at radius 1 is 0.580 bits per heavy atom. The number of Topliss-reactive ketones (excluding diaryl/α,β-unsaturated/α-hetero) is 2. The van der Waals surface area contributed by atoms with Gasteiger partial charge in [0.1, 0.15) is 11.6 Å². The molecule has 0 aromatic heterocycles. The van der Waals surface area contributed by atoms with Gasteiger partial charge in [-0.2, -0.15) is 0 Å². The Labute approximate surface area is 308 Å². The van der Waals surface area contributed by atoms with Crippen LogP contribution in [-0.2, 0) is 28.2 Å². The molecule has 0 bridgehead atoms. The van der Waals surface area contributed by atoms with Crippen molar-refractivity contribution < 1.29 is 38.4 Å². The molecule has 2 N–H and O–H groups in total. The number of benzene rings is 2. The quantitative estimate of drug-likeness (QED) is 0.285. The van der Waals surface area contributed by atoms with Gasteiger partial charge in [-0.15, -0.1) is 0 Å². The second-order valence-electron chi connectivity index (χ2n) is 16.3. The number of rotatable bonds is 6. The van der Waals surface area contributed by atoms with Crippen LogP contribution < -0.4 is 0 Å². The van der Waals surface area contributed by atoms with E-state index in [2.05, 4.69) is 0 Å². The molecule has 2 aliphatic heterocycles. The molecule has 50 heavy (non-hydrogen) atoms. The van der Waals surface area contributed by atoms with Crippen LogP contribution in [-0.4, -0.2) is 58.4 Å². The van der Waals surface area contributed by atoms with Crippen LogP contribution in [0.2, 0.25) is 21.7 Å². The zero-order valence-electron chi connectivity index (χ0n) is 30.6. The van der Waals surface area contributed by atoms with Gasteiger partial charge in [0, 0.05) is 46.4 Å². The third-order valence-electron chi connectivity index (χ3n) is 11.9. The lowest BCUT2D eigenvalue weighted by molar-refractivity contribution is -0.129. The maximum absolute atomic E-state index is 12.7. The smallest absolute Gasteiger partial charge is 0.403 e. The Balaban J connectivity index is 0.000000194. The summed E-state index contributed by atoms with van der Waals surface area (Å²) < 4.78 is 24.7. The van der Waals surface area contributed by atoms with Gasteiger partial charge >= 0.3 is 14.2 Å². The molecule has 0 radical (unpaired) electrons. The average molecular weight is 729 g/mol. The van der Waals surface area contributed by atoms with Crippen LogP contribution in [0.3, 0.4) is 0 Å². The van der Waals surface area contributed by atoms with Crippen LogP contribution in [0.15, 0.2) is 48.5 Å². The average Bonchev–Trinajstić information content (AvgIpc) is 3.40. The van der Waals surface area contributed by atoms with Crippen molar-refractivity contribution in [3.05, 3.63) is 69.7 Å². The van der Waals surface area contributed by atoms with E-state index in [9.17, 15) is 19.8 Å². The van der Waals surface area contributed by atoms with E-state index in [0.29, 0.717) is 34.0 Å². The molecule has 2 saturated carbocycles. The maximum Gasteiger partial charge on any atom is 0.462 e. The molecule has 8 nitrogen and oxygen atoms in total. The van der Waals surface area contributed by atoms with Crippen molar-refractivity contribution in [3.63, 3.8) is 0 Å². The molecular formula is C38H52B2Cl2O8. The lowest BCUT2D eigenvalue weighted by Crippen LogP contribution is -2.41. The van der Waals surface area contributed by atoms with Crippen molar-refractivity contribution in [2.24, 2.45) is 11.8 Å². The van der Waals surface area contributed by atoms with Crippen LogP contribution in [0.5, 0.6) is 0 Å². The molecule has 0 unspecified atom stereocenters. The first kappa shape index (κ1) is 39.5. The van der Waals surface area contributed by atoms with Crippen LogP contribution in [0.4, 0.5) is 0 Å². The molecular weight excluding hydrogens is 677 g/mol. The normalized spacial score (nSPS) is 29.7. The fourth-order valence-corrected chi connectivity index (χ4v) is 7.74. The molecule has 272 valence electrons. The minimum Gasteiger partial charge on any atom is -0.403 e. The van der Waals surface area contributed by atoms with E-state index >= 15 is 0 Å². The number of aliphatic hydroxyl groups excluding tert-OH is 2. The molecule has 4 aliphatic rings. The van der Waals surface area contributed by atoms with Gasteiger partial charge in [-0.3, -0.25) is 9.59 Å². The van der Waals surface area contributed by atoms with E-state index < -0.39 is 60.7 Å². The third kappa shape index (κ3) is 8.08. The largest absolute Gasteiger partial charge is 0.462 e. The van der Waals surface area contributed by atoms with Gasteiger partial charge < -0.3 is 28.8 Å². The molecule has 0 spiro atoms. The highest BCUT2D eigenvalue weighted by Crippen LogP contribution is 2.50. The van der Waals surface area contributed by atoms with Crippen LogP contribution in [0.1, 0.15) is 117 Å². The summed E-state index contributed by atoms with van der Waals surface area (Å²) in [5.41, 5.74) is -0.402. The van der Waals surface area contributed by atoms with E-state index in [-0.39, 0.29) is 23.2 Å². The Morgan fingerprint density at radius 2 is 0.860 bits per heavy atom. The summed E-state index contributed by atoms with van der Waals surface area (Å²) in [6.07, 6.45) is 2.43. The molecule has 2 aromatic carbocycles. The number of hydrogen-bond donors (Lipinski definition) is 2. The lowest BCUT2D eigenvalue weighted by atomic mass is 9.57. The summed E-state index contributed by atoms with van der Waals surface area (Å²) >= 11 is 11.9. The zero-order chi connectivity index (χ0) is 36.8. The second kappa shape index (κ2) is 14.9. The standard InChI is InChI=1S/2C19H26BClO4/c2*1-18(2)19(3,4)25-20(24-18)14-6-5-7-15(22)16(14)17(23)12-8-10-13(21)11-9-12/h2*8-11,14,16-17,23H,5-7H2,1-4H3/t2*14-,16-,17+/m00/s1. The molecule has 2 aliphatic carbocycles. The fourth-order valence-electron chi connectivity index (χ4n) is 7.49. The Bertz CT molecular complexity index is 1370. The van der Waals surface area contributed by atoms with Crippen LogP contribution in [0, 0.1) is 11.8 Å². The molecule has 6 rings (SSSR count). The first-order valence-corrected chi connectivity index (χ1v) is 18.6. The van der Waals surface area contributed by atoms with Crippen molar-refractivity contribution in [2.75, 3.05) is 0 Å². The van der Waals surface area contributed by atoms with Gasteiger partial charge in [0.25, 0.3) is 0 Å². The van der Waals surface area contributed by atoms with Gasteiger partial charge in [0.2, 0.25) is 0 Å². The Morgan fingerprint density at radius 3 is 1.14 bits per heavy atom. The highest BCUT2D eigenvalue weighted by Gasteiger charge is 2.58. The minimum atomic E-state index is -0.880. The molecule has 4 fully saturated rings. The highest BCUT2D eigenvalue weighted by atomic mass is 35.5. The van der Waals surface area contributed by atoms with Gasteiger partial charge in [0.15, 0.2) is 0 Å². The molecule has 6 atom stereocenters. The summed E-state index contributed by atoms with van der Waals surface area (Å²) in [5, 5.41) is 23.1. The number of hydrogen-bond acceptors (Lipinski definition) is 8. The lowest BCUT2D eigenvalue weighted by Gasteiger charge is -2.34. The first-order chi connectivity index (χ1) is 23.2. The highest BCUT2D eigenvalue weighted by molar-refractivity contribution is 6.48. The first-order valence-electron chi connectivity index (χ1n) is 17.9. The predicted molar refractivity (Wildman–Crippen MR) is 197 cm³/mol. The number of aliphatic hydroxyl groups is 2. The van der Waals surface area contributed by atoms with Gasteiger partial charge in [-0.05, 0) is 104 Å². The van der Waals surface area contributed by atoms with E-state index in [0.717, 1.165) is 25.7 Å². The van der Waals surface area contributed by atoms with Gasteiger partial charge in [-0.25, -0.2) is 0 Å². The molecule has 2 heterocycles. The minimum absolute atomic E-state index is 0.0772. The van der Waals surface area contributed by atoms with E-state index in [1.54, 1.807) is 48.5 Å². The van der Waals surface area contributed by atoms with Crippen LogP contribution in [0.25, 0.3) is 0 Å². The number of ketones is 2. The second-order valence-corrected chi connectivity index (χ2v) is 17.2. The number of carbonyl (C=O) groups excluding carboxylic acids is 2. The molecule has 12 heteroatoms. The number of halogens is 2. The van der Waals surface area contributed by atoms with Gasteiger partial charge in [-0.1, -0.05) is 60.3 Å². The van der Waals surface area contributed by atoms with Crippen LogP contribution >= 0.6 is 23.2 Å². The topological polar surface area (TPSA) is 112 Å². The SMILES string of the molecule is CC1(C)OB([C@H]2CCCC(=O)[C@H]2[C@H](O)c2ccc(Cl)cc2)OC1(C)C.CC1(C)OB([C@H]2CCCC(=O)[C@H]2[C@H](O)c2ccc(Cl)cc2)OC1(C)C. The summed E-state index contributed by atoms with van der Waals surface area (Å²) in [6, 6.07) is 14.0. The zero-order valence-corrected chi connectivity index (χ0v) is 32.1. The summed E-state index contributed by atoms with van der Waals surface area (Å²) in [5.74, 6) is -1.21. The Hall–Kier alpha value is -1.75. The van der Waals surface area contributed by atoms with Crippen molar-refractivity contribution in [1.29, 1.82) is 0 Å². The third-order valence-corrected chi connectivity index (χ3v) is 12.4. The van der Waals surface area contributed by atoms with Crippen molar-refractivity contribution in [3.8, 4) is 0 Å². The van der Waals surface area contributed by atoms with E-state index in [1.165, 1.54) is 0 Å². The Kier molecular flexibility index (Phi) is 11.8. The summed E-state index contributed by atoms with van der Waals surface area (Å²) in [4.78, 5) is 25.3.